The molecule has 0 aromatic heterocycles. The first-order valence-corrected chi connectivity index (χ1v) is 11.4. The third-order valence-corrected chi connectivity index (χ3v) is 7.08. The number of nitriles is 1. The number of rotatable bonds is 5. The molecule has 1 atom stereocenters. The number of halogens is 2. The smallest absolute Gasteiger partial charge is 0.337 e. The van der Waals surface area contributed by atoms with Crippen molar-refractivity contribution < 1.29 is 22.3 Å². The van der Waals surface area contributed by atoms with E-state index in [0.717, 1.165) is 0 Å². The fraction of sp³-hybridized carbons (Fsp3) is 0.300. The summed E-state index contributed by atoms with van der Waals surface area (Å²) in [6.07, 6.45) is 0.0889. The summed E-state index contributed by atoms with van der Waals surface area (Å²) in [6.45, 7) is 0.713. The summed E-state index contributed by atoms with van der Waals surface area (Å²) in [5, 5.41) is 9.23. The monoisotopic (exact) mass is 495 g/mol. The Morgan fingerprint density at radius 3 is 2.77 bits per heavy atom. The van der Waals surface area contributed by atoms with Gasteiger partial charge in [0.15, 0.2) is 0 Å². The summed E-state index contributed by atoms with van der Waals surface area (Å²) in [4.78, 5) is 13.4. The van der Waals surface area contributed by atoms with Crippen molar-refractivity contribution in [1.82, 2.24) is 0 Å². The van der Waals surface area contributed by atoms with Crippen molar-refractivity contribution in [3.8, 4) is 6.07 Å². The van der Waals surface area contributed by atoms with Gasteiger partial charge in [-0.2, -0.15) is 5.26 Å². The molecule has 2 aromatic rings. The van der Waals surface area contributed by atoms with E-state index in [0.29, 0.717) is 25.1 Å². The predicted octanol–water partition coefficient (Wildman–Crippen LogP) is 3.85. The van der Waals surface area contributed by atoms with Crippen LogP contribution < -0.4 is 9.62 Å². The Morgan fingerprint density at radius 2 is 2.10 bits per heavy atom. The summed E-state index contributed by atoms with van der Waals surface area (Å²) in [5.74, 6) is -0.673. The van der Waals surface area contributed by atoms with Gasteiger partial charge in [-0.3, -0.25) is 4.72 Å². The van der Waals surface area contributed by atoms with E-state index in [-0.39, 0.29) is 32.7 Å². The van der Waals surface area contributed by atoms with E-state index in [1.165, 1.54) is 31.4 Å². The second kappa shape index (κ2) is 9.02. The van der Waals surface area contributed by atoms with E-state index in [1.54, 1.807) is 17.0 Å². The molecule has 0 saturated carbocycles. The van der Waals surface area contributed by atoms with E-state index in [9.17, 15) is 22.9 Å². The molecule has 1 saturated heterocycles. The van der Waals surface area contributed by atoms with Crippen LogP contribution >= 0.6 is 15.9 Å². The SMILES string of the molecule is COC(=O)c1ccc(Br)c(S(=O)(=O)Nc2cc(C#N)ccc2N2CCCC(F)C2)c1. The van der Waals surface area contributed by atoms with Gasteiger partial charge in [-0.1, -0.05) is 0 Å². The molecule has 1 heterocycles. The second-order valence-electron chi connectivity index (χ2n) is 6.77. The number of methoxy groups -OCH3 is 1. The Bertz CT molecular complexity index is 1120. The molecule has 1 unspecified atom stereocenters. The number of benzene rings is 2. The van der Waals surface area contributed by atoms with Crippen molar-refractivity contribution in [3.63, 3.8) is 0 Å². The maximum Gasteiger partial charge on any atom is 0.337 e. The van der Waals surface area contributed by atoms with Gasteiger partial charge >= 0.3 is 5.97 Å². The number of hydrogen-bond acceptors (Lipinski definition) is 6. The quantitative estimate of drug-likeness (QED) is 0.632. The number of carbonyl (C=O) groups is 1. The van der Waals surface area contributed by atoms with E-state index >= 15 is 0 Å². The number of anilines is 2. The largest absolute Gasteiger partial charge is 0.465 e. The molecule has 0 bridgehead atoms. The van der Waals surface area contributed by atoms with Crippen molar-refractivity contribution >= 4 is 43.3 Å². The number of nitrogens with zero attached hydrogens (tertiary/aromatic N) is 2. The molecule has 158 valence electrons. The van der Waals surface area contributed by atoms with Crippen LogP contribution in [0.4, 0.5) is 15.8 Å². The molecule has 1 aliphatic heterocycles. The highest BCUT2D eigenvalue weighted by molar-refractivity contribution is 9.10. The van der Waals surface area contributed by atoms with Crippen LogP contribution in [0.1, 0.15) is 28.8 Å². The minimum Gasteiger partial charge on any atom is -0.465 e. The molecule has 30 heavy (non-hydrogen) atoms. The Kier molecular flexibility index (Phi) is 6.63. The molecule has 7 nitrogen and oxygen atoms in total. The number of esters is 1. The van der Waals surface area contributed by atoms with Gasteiger partial charge in [-0.15, -0.1) is 0 Å². The summed E-state index contributed by atoms with van der Waals surface area (Å²) in [5.41, 5.74) is 0.981. The Labute approximate surface area is 182 Å². The van der Waals surface area contributed by atoms with Crippen molar-refractivity contribution in [1.29, 1.82) is 5.26 Å². The number of alkyl halides is 1. The summed E-state index contributed by atoms with van der Waals surface area (Å²) < 4.78 is 47.6. The first-order valence-electron chi connectivity index (χ1n) is 9.09. The molecule has 10 heteroatoms. The number of ether oxygens (including phenoxy) is 1. The lowest BCUT2D eigenvalue weighted by atomic mass is 10.1. The molecule has 1 fully saturated rings. The lowest BCUT2D eigenvalue weighted by molar-refractivity contribution is 0.0600. The van der Waals surface area contributed by atoms with Crippen molar-refractivity contribution in [2.75, 3.05) is 29.8 Å². The number of sulfonamides is 1. The van der Waals surface area contributed by atoms with Crippen LogP contribution in [-0.4, -0.2) is 40.8 Å². The average molecular weight is 496 g/mol. The van der Waals surface area contributed by atoms with Crippen LogP contribution in [0.25, 0.3) is 0 Å². The third-order valence-electron chi connectivity index (χ3n) is 4.72. The van der Waals surface area contributed by atoms with E-state index < -0.39 is 22.2 Å². The summed E-state index contributed by atoms with van der Waals surface area (Å²) >= 11 is 3.20. The van der Waals surface area contributed by atoms with Crippen molar-refractivity contribution in [2.45, 2.75) is 23.9 Å². The van der Waals surface area contributed by atoms with E-state index in [2.05, 4.69) is 25.4 Å². The molecule has 1 N–H and O–H groups in total. The van der Waals surface area contributed by atoms with Crippen LogP contribution in [0.3, 0.4) is 0 Å². The standard InChI is InChI=1S/C20H19BrFN3O4S/c1-29-20(26)14-5-6-16(21)19(10-14)30(27,28)24-17-9-13(11-23)4-7-18(17)25-8-2-3-15(22)12-25/h4-7,9-10,15,24H,2-3,8,12H2,1H3. The van der Waals surface area contributed by atoms with Crippen LogP contribution in [0.5, 0.6) is 0 Å². The van der Waals surface area contributed by atoms with Gasteiger partial charge in [0.05, 0.1) is 35.7 Å². The molecule has 2 aromatic carbocycles. The van der Waals surface area contributed by atoms with E-state index in [4.69, 9.17) is 0 Å². The lowest BCUT2D eigenvalue weighted by Gasteiger charge is -2.32. The fourth-order valence-corrected chi connectivity index (χ4v) is 5.32. The van der Waals surface area contributed by atoms with Crippen LogP contribution in [0.15, 0.2) is 45.8 Å². The Balaban J connectivity index is 2.02. The highest BCUT2D eigenvalue weighted by Crippen LogP contribution is 2.33. The number of piperidine rings is 1. The molecular weight excluding hydrogens is 477 g/mol. The molecule has 1 aliphatic rings. The maximum absolute atomic E-state index is 13.9. The highest BCUT2D eigenvalue weighted by Gasteiger charge is 2.25. The Morgan fingerprint density at radius 1 is 1.33 bits per heavy atom. The molecular formula is C20H19BrFN3O4S. The second-order valence-corrected chi connectivity index (χ2v) is 9.28. The van der Waals surface area contributed by atoms with Gasteiger partial charge in [-0.05, 0) is 65.2 Å². The topological polar surface area (TPSA) is 99.5 Å². The zero-order chi connectivity index (χ0) is 21.9. The minimum absolute atomic E-state index is 0.0726. The van der Waals surface area contributed by atoms with Gasteiger partial charge < -0.3 is 9.64 Å². The Hall–Kier alpha value is -2.64. The molecule has 0 aliphatic carbocycles. The number of hydrogen-bond donors (Lipinski definition) is 1. The molecule has 0 spiro atoms. The third kappa shape index (κ3) is 4.74. The van der Waals surface area contributed by atoms with Gasteiger partial charge in [-0.25, -0.2) is 17.6 Å². The first kappa shape index (κ1) is 22.1. The summed E-state index contributed by atoms with van der Waals surface area (Å²) in [6, 6.07) is 10.6. The van der Waals surface area contributed by atoms with Gasteiger partial charge in [0.1, 0.15) is 11.1 Å². The zero-order valence-corrected chi connectivity index (χ0v) is 18.5. The van der Waals surface area contributed by atoms with Crippen molar-refractivity contribution in [2.24, 2.45) is 0 Å². The van der Waals surface area contributed by atoms with Gasteiger partial charge in [0.25, 0.3) is 10.0 Å². The molecule has 3 rings (SSSR count). The average Bonchev–Trinajstić information content (AvgIpc) is 2.73. The van der Waals surface area contributed by atoms with Gasteiger partial charge in [0, 0.05) is 17.6 Å². The normalized spacial score (nSPS) is 16.6. The molecule has 0 amide bonds. The number of carbonyl (C=O) groups excluding carboxylic acids is 1. The van der Waals surface area contributed by atoms with Crippen LogP contribution in [-0.2, 0) is 14.8 Å². The van der Waals surface area contributed by atoms with Crippen molar-refractivity contribution in [3.05, 3.63) is 52.0 Å². The minimum atomic E-state index is -4.14. The molecule has 0 radical (unpaired) electrons. The fourth-order valence-electron chi connectivity index (χ4n) is 3.26. The predicted molar refractivity (Wildman–Crippen MR) is 114 cm³/mol. The van der Waals surface area contributed by atoms with Gasteiger partial charge in [0.2, 0.25) is 0 Å². The summed E-state index contributed by atoms with van der Waals surface area (Å²) in [7, 11) is -2.94. The first-order chi connectivity index (χ1) is 14.2. The number of nitrogens with one attached hydrogen (secondary N) is 1. The van der Waals surface area contributed by atoms with Crippen LogP contribution in [0.2, 0.25) is 0 Å². The van der Waals surface area contributed by atoms with Crippen LogP contribution in [0, 0.1) is 11.3 Å². The maximum atomic E-state index is 13.9. The van der Waals surface area contributed by atoms with E-state index in [1.807, 2.05) is 6.07 Å². The lowest BCUT2D eigenvalue weighted by Crippen LogP contribution is -2.37. The zero-order valence-electron chi connectivity index (χ0n) is 16.1. The highest BCUT2D eigenvalue weighted by atomic mass is 79.9.